The average molecular weight is 408 g/mol. The van der Waals surface area contributed by atoms with Gasteiger partial charge in [-0.15, -0.1) is 0 Å². The highest BCUT2D eigenvalue weighted by Crippen LogP contribution is 2.51. The Kier molecular flexibility index (Phi) is 6.45. The third-order valence-electron chi connectivity index (χ3n) is 6.88. The van der Waals surface area contributed by atoms with Crippen molar-refractivity contribution < 1.29 is 14.6 Å². The second-order valence-electron chi connectivity index (χ2n) is 8.57. The topological polar surface area (TPSA) is 41.9 Å². The molecule has 4 heteroatoms. The van der Waals surface area contributed by atoms with Gasteiger partial charge in [-0.2, -0.15) is 0 Å². The summed E-state index contributed by atoms with van der Waals surface area (Å²) in [5.41, 5.74) is 1.74. The van der Waals surface area contributed by atoms with E-state index in [0.717, 1.165) is 55.8 Å². The van der Waals surface area contributed by atoms with Crippen LogP contribution in [0.1, 0.15) is 49.3 Å². The number of fused-ring (bicyclic) bond motifs is 1. The first-order valence-electron chi connectivity index (χ1n) is 11.0. The van der Waals surface area contributed by atoms with E-state index in [1.54, 1.807) is 14.2 Å². The van der Waals surface area contributed by atoms with Crippen molar-refractivity contribution in [1.29, 1.82) is 0 Å². The van der Waals surface area contributed by atoms with Crippen LogP contribution in [0.4, 0.5) is 0 Å². The first-order chi connectivity index (χ1) is 14.6. The molecule has 4 nitrogen and oxygen atoms in total. The van der Waals surface area contributed by atoms with E-state index >= 15 is 0 Å². The van der Waals surface area contributed by atoms with Crippen LogP contribution in [0, 0.1) is 5.92 Å². The molecule has 2 aromatic carbocycles. The lowest BCUT2D eigenvalue weighted by Crippen LogP contribution is -2.54. The fourth-order valence-corrected chi connectivity index (χ4v) is 5.32. The molecular weight excluding hydrogens is 374 g/mol. The molecule has 30 heavy (non-hydrogen) atoms. The summed E-state index contributed by atoms with van der Waals surface area (Å²) < 4.78 is 11.3. The molecule has 1 heterocycles. The highest BCUT2D eigenvalue weighted by Gasteiger charge is 2.49. The molecule has 3 atom stereocenters. The minimum atomic E-state index is -0.587. The van der Waals surface area contributed by atoms with Crippen LogP contribution in [0.3, 0.4) is 0 Å². The summed E-state index contributed by atoms with van der Waals surface area (Å²) >= 11 is 0. The third-order valence-corrected chi connectivity index (χ3v) is 6.88. The molecule has 2 unspecified atom stereocenters. The number of hydrogen-bond donors (Lipinski definition) is 1. The van der Waals surface area contributed by atoms with Crippen molar-refractivity contribution in [3.8, 4) is 11.5 Å². The van der Waals surface area contributed by atoms with Crippen LogP contribution in [0.25, 0.3) is 6.08 Å². The van der Waals surface area contributed by atoms with Gasteiger partial charge in [-0.05, 0) is 43.0 Å². The van der Waals surface area contributed by atoms with Crippen LogP contribution >= 0.6 is 0 Å². The van der Waals surface area contributed by atoms with E-state index in [2.05, 4.69) is 47.4 Å². The van der Waals surface area contributed by atoms with Gasteiger partial charge in [0.05, 0.1) is 19.8 Å². The molecule has 4 rings (SSSR count). The molecule has 1 aliphatic heterocycles. The van der Waals surface area contributed by atoms with Crippen LogP contribution in [0.15, 0.2) is 54.6 Å². The summed E-state index contributed by atoms with van der Waals surface area (Å²) in [6.45, 7) is 1.71. The Balaban J connectivity index is 1.67. The molecule has 2 fully saturated rings. The summed E-state index contributed by atoms with van der Waals surface area (Å²) in [6.07, 6.45) is 9.48. The molecule has 0 aromatic heterocycles. The second kappa shape index (κ2) is 9.23. The minimum Gasteiger partial charge on any atom is -0.497 e. The van der Waals surface area contributed by atoms with Crippen LogP contribution in [0.5, 0.6) is 11.5 Å². The van der Waals surface area contributed by atoms with Crippen molar-refractivity contribution in [2.45, 2.75) is 43.7 Å². The van der Waals surface area contributed by atoms with E-state index in [0.29, 0.717) is 0 Å². The zero-order valence-corrected chi connectivity index (χ0v) is 18.1. The highest BCUT2D eigenvalue weighted by molar-refractivity contribution is 5.49. The lowest BCUT2D eigenvalue weighted by atomic mass is 9.66. The SMILES string of the molecule is COc1ccc(OC)c([C@H]2C3CCCCC3(O)CCN2C/C=C/c2ccccc2)c1. The first-order valence-corrected chi connectivity index (χ1v) is 11.0. The van der Waals surface area contributed by atoms with Crippen LogP contribution < -0.4 is 9.47 Å². The number of likely N-dealkylation sites (tertiary alicyclic amines) is 1. The highest BCUT2D eigenvalue weighted by atomic mass is 16.5. The van der Waals surface area contributed by atoms with Crippen molar-refractivity contribution in [3.63, 3.8) is 0 Å². The van der Waals surface area contributed by atoms with Gasteiger partial charge in [0.2, 0.25) is 0 Å². The van der Waals surface area contributed by atoms with Crippen molar-refractivity contribution in [2.75, 3.05) is 27.3 Å². The minimum absolute atomic E-state index is 0.106. The van der Waals surface area contributed by atoms with E-state index in [4.69, 9.17) is 9.47 Å². The monoisotopic (exact) mass is 407 g/mol. The molecule has 2 aliphatic rings. The predicted octanol–water partition coefficient (Wildman–Crippen LogP) is 5.09. The summed E-state index contributed by atoms with van der Waals surface area (Å²) in [4.78, 5) is 2.50. The molecule has 160 valence electrons. The number of nitrogens with zero attached hydrogens (tertiary/aromatic N) is 1. The number of aliphatic hydroxyl groups is 1. The molecular formula is C26H33NO3. The van der Waals surface area contributed by atoms with Gasteiger partial charge < -0.3 is 14.6 Å². The zero-order valence-electron chi connectivity index (χ0n) is 18.1. The Hall–Kier alpha value is -2.30. The summed E-state index contributed by atoms with van der Waals surface area (Å²) in [5, 5.41) is 11.5. The normalized spacial score (nSPS) is 27.0. The summed E-state index contributed by atoms with van der Waals surface area (Å²) in [6, 6.07) is 16.5. The lowest BCUT2D eigenvalue weighted by Gasteiger charge is -2.52. The average Bonchev–Trinajstić information content (AvgIpc) is 2.79. The molecule has 0 spiro atoms. The van der Waals surface area contributed by atoms with Crippen LogP contribution in [0.2, 0.25) is 0 Å². The number of piperidine rings is 1. The van der Waals surface area contributed by atoms with E-state index < -0.39 is 5.60 Å². The predicted molar refractivity (Wildman–Crippen MR) is 121 cm³/mol. The Labute approximate surface area is 180 Å². The fraction of sp³-hybridized carbons (Fsp3) is 0.462. The molecule has 0 bridgehead atoms. The summed E-state index contributed by atoms with van der Waals surface area (Å²) in [5.74, 6) is 1.90. The van der Waals surface area contributed by atoms with Gasteiger partial charge in [-0.3, -0.25) is 4.90 Å². The Bertz CT molecular complexity index is 866. The first kappa shape index (κ1) is 21.0. The lowest BCUT2D eigenvalue weighted by molar-refractivity contribution is -0.122. The molecule has 0 radical (unpaired) electrons. The van der Waals surface area contributed by atoms with Gasteiger partial charge in [0.15, 0.2) is 0 Å². The standard InChI is InChI=1S/C26H33NO3/c1-29-21-13-14-24(30-2)22(19-21)25-23-12-6-7-15-26(23,28)16-18-27(25)17-8-11-20-9-4-3-5-10-20/h3-5,8-11,13-14,19,23,25,28H,6-7,12,15-18H2,1-2H3/b11-8+/t23?,25-,26?/m0/s1. The van der Waals surface area contributed by atoms with Gasteiger partial charge >= 0.3 is 0 Å². The Morgan fingerprint density at radius 1 is 1.07 bits per heavy atom. The largest absolute Gasteiger partial charge is 0.497 e. The Morgan fingerprint density at radius 3 is 2.67 bits per heavy atom. The second-order valence-corrected chi connectivity index (χ2v) is 8.57. The van der Waals surface area contributed by atoms with Gasteiger partial charge in [-0.25, -0.2) is 0 Å². The van der Waals surface area contributed by atoms with Crippen molar-refractivity contribution >= 4 is 6.08 Å². The molecule has 1 saturated carbocycles. The number of methoxy groups -OCH3 is 2. The number of hydrogen-bond acceptors (Lipinski definition) is 4. The van der Waals surface area contributed by atoms with E-state index in [1.807, 2.05) is 18.2 Å². The van der Waals surface area contributed by atoms with Crippen LogP contribution in [-0.4, -0.2) is 42.9 Å². The molecule has 1 N–H and O–H groups in total. The van der Waals surface area contributed by atoms with Crippen molar-refractivity contribution in [1.82, 2.24) is 4.90 Å². The smallest absolute Gasteiger partial charge is 0.123 e. The van der Waals surface area contributed by atoms with E-state index in [1.165, 1.54) is 12.0 Å². The summed E-state index contributed by atoms with van der Waals surface area (Å²) in [7, 11) is 3.42. The van der Waals surface area contributed by atoms with E-state index in [9.17, 15) is 5.11 Å². The van der Waals surface area contributed by atoms with Crippen molar-refractivity contribution in [2.24, 2.45) is 5.92 Å². The van der Waals surface area contributed by atoms with Crippen LogP contribution in [-0.2, 0) is 0 Å². The van der Waals surface area contributed by atoms with Gasteiger partial charge in [0.1, 0.15) is 11.5 Å². The quantitative estimate of drug-likeness (QED) is 0.725. The maximum atomic E-state index is 11.5. The van der Waals surface area contributed by atoms with Gasteiger partial charge in [-0.1, -0.05) is 55.3 Å². The van der Waals surface area contributed by atoms with Gasteiger partial charge in [0.25, 0.3) is 0 Å². The van der Waals surface area contributed by atoms with Crippen molar-refractivity contribution in [3.05, 3.63) is 65.7 Å². The molecule has 2 aromatic rings. The van der Waals surface area contributed by atoms with E-state index in [-0.39, 0.29) is 12.0 Å². The fourth-order valence-electron chi connectivity index (χ4n) is 5.32. The molecule has 0 amide bonds. The number of ether oxygens (including phenoxy) is 2. The number of benzene rings is 2. The van der Waals surface area contributed by atoms with Gasteiger partial charge in [0, 0.05) is 30.6 Å². The molecule has 1 saturated heterocycles. The molecule has 1 aliphatic carbocycles. The Morgan fingerprint density at radius 2 is 1.90 bits per heavy atom. The third kappa shape index (κ3) is 4.26. The zero-order chi connectivity index (χ0) is 21.0. The maximum absolute atomic E-state index is 11.5. The maximum Gasteiger partial charge on any atom is 0.123 e. The number of rotatable bonds is 6.